The Morgan fingerprint density at radius 1 is 0.963 bits per heavy atom. The van der Waals surface area contributed by atoms with E-state index < -0.39 is 23.4 Å². The first-order valence-corrected chi connectivity index (χ1v) is 7.67. The van der Waals surface area contributed by atoms with Crippen LogP contribution >= 0.6 is 0 Å². The monoisotopic (exact) mass is 374 g/mol. The second kappa shape index (κ2) is 7.73. The van der Waals surface area contributed by atoms with E-state index in [1.807, 2.05) is 0 Å². The summed E-state index contributed by atoms with van der Waals surface area (Å²) in [4.78, 5) is 19.6. The first-order chi connectivity index (χ1) is 13.0. The minimum Gasteiger partial charge on any atom is -0.465 e. The van der Waals surface area contributed by atoms with Crippen LogP contribution in [0.5, 0.6) is 0 Å². The number of carbonyl (C=O) groups is 1. The first-order valence-electron chi connectivity index (χ1n) is 7.67. The topological polar surface area (TPSA) is 76.1 Å². The van der Waals surface area contributed by atoms with Gasteiger partial charge >= 0.3 is 5.97 Å². The zero-order valence-corrected chi connectivity index (χ0v) is 14.0. The quantitative estimate of drug-likeness (QED) is 0.516. The minimum absolute atomic E-state index is 0.170. The number of methoxy groups -OCH3 is 1. The third-order valence-electron chi connectivity index (χ3n) is 3.52. The minimum atomic E-state index is -1.57. The highest BCUT2D eigenvalue weighted by Crippen LogP contribution is 2.23. The van der Waals surface area contributed by atoms with E-state index in [0.717, 1.165) is 12.1 Å². The Kier molecular flexibility index (Phi) is 5.20. The van der Waals surface area contributed by atoms with Gasteiger partial charge in [-0.25, -0.2) is 22.9 Å². The second-order valence-corrected chi connectivity index (χ2v) is 5.31. The maximum atomic E-state index is 13.8. The number of aromatic nitrogens is 2. The van der Waals surface area contributed by atoms with Crippen molar-refractivity contribution in [2.45, 2.75) is 0 Å². The molecule has 0 amide bonds. The molecule has 1 heterocycles. The molecule has 6 nitrogen and oxygen atoms in total. The fourth-order valence-electron chi connectivity index (χ4n) is 2.19. The van der Waals surface area contributed by atoms with E-state index in [0.29, 0.717) is 11.3 Å². The second-order valence-electron chi connectivity index (χ2n) is 5.31. The average Bonchev–Trinajstić information content (AvgIpc) is 2.69. The third kappa shape index (κ3) is 4.14. The number of benzene rings is 2. The van der Waals surface area contributed by atoms with Crippen LogP contribution < -0.4 is 10.6 Å². The van der Waals surface area contributed by atoms with Crippen LogP contribution in [0.4, 0.5) is 36.3 Å². The highest BCUT2D eigenvalue weighted by molar-refractivity contribution is 5.89. The van der Waals surface area contributed by atoms with E-state index >= 15 is 0 Å². The van der Waals surface area contributed by atoms with E-state index in [2.05, 4.69) is 25.3 Å². The first kappa shape index (κ1) is 18.2. The SMILES string of the molecule is COC(=O)c1ccc(Nc2nccc(Nc3ccc(F)c(F)c3F)n2)cc1. The van der Waals surface area contributed by atoms with Crippen molar-refractivity contribution < 1.29 is 22.7 Å². The van der Waals surface area contributed by atoms with E-state index in [-0.39, 0.29) is 17.5 Å². The van der Waals surface area contributed by atoms with Gasteiger partial charge in [0.05, 0.1) is 18.4 Å². The summed E-state index contributed by atoms with van der Waals surface area (Å²) in [6.07, 6.45) is 1.40. The van der Waals surface area contributed by atoms with Crippen molar-refractivity contribution in [1.29, 1.82) is 0 Å². The van der Waals surface area contributed by atoms with Gasteiger partial charge in [0.1, 0.15) is 5.82 Å². The molecule has 0 aliphatic rings. The maximum Gasteiger partial charge on any atom is 0.337 e. The number of hydrogen-bond acceptors (Lipinski definition) is 6. The molecule has 0 atom stereocenters. The lowest BCUT2D eigenvalue weighted by molar-refractivity contribution is 0.0601. The van der Waals surface area contributed by atoms with Crippen LogP contribution in [0.1, 0.15) is 10.4 Å². The number of halogens is 3. The van der Waals surface area contributed by atoms with E-state index in [1.165, 1.54) is 19.4 Å². The van der Waals surface area contributed by atoms with Gasteiger partial charge in [-0.1, -0.05) is 0 Å². The van der Waals surface area contributed by atoms with Crippen molar-refractivity contribution in [3.05, 3.63) is 71.7 Å². The molecule has 0 aliphatic heterocycles. The van der Waals surface area contributed by atoms with Gasteiger partial charge in [0.2, 0.25) is 5.95 Å². The lowest BCUT2D eigenvalue weighted by Gasteiger charge is -2.10. The molecule has 0 saturated heterocycles. The van der Waals surface area contributed by atoms with E-state index in [4.69, 9.17) is 0 Å². The molecule has 0 aliphatic carbocycles. The van der Waals surface area contributed by atoms with E-state index in [9.17, 15) is 18.0 Å². The number of carbonyl (C=O) groups excluding carboxylic acids is 1. The molecule has 27 heavy (non-hydrogen) atoms. The van der Waals surface area contributed by atoms with Crippen molar-refractivity contribution >= 4 is 29.1 Å². The summed E-state index contributed by atoms with van der Waals surface area (Å²) in [7, 11) is 1.29. The molecule has 138 valence electrons. The predicted molar refractivity (Wildman–Crippen MR) is 92.7 cm³/mol. The molecule has 3 aromatic rings. The van der Waals surface area contributed by atoms with Crippen LogP contribution in [-0.4, -0.2) is 23.0 Å². The van der Waals surface area contributed by atoms with Crippen LogP contribution in [0.3, 0.4) is 0 Å². The molecule has 3 rings (SSSR count). The highest BCUT2D eigenvalue weighted by Gasteiger charge is 2.14. The molecule has 9 heteroatoms. The predicted octanol–water partition coefficient (Wildman–Crippen LogP) is 4.17. The highest BCUT2D eigenvalue weighted by atomic mass is 19.2. The molecule has 0 saturated carbocycles. The normalized spacial score (nSPS) is 10.4. The zero-order chi connectivity index (χ0) is 19.4. The Morgan fingerprint density at radius 3 is 2.41 bits per heavy atom. The summed E-state index contributed by atoms with van der Waals surface area (Å²) in [6, 6.07) is 9.69. The fraction of sp³-hybridized carbons (Fsp3) is 0.0556. The lowest BCUT2D eigenvalue weighted by atomic mass is 10.2. The van der Waals surface area contributed by atoms with Crippen molar-refractivity contribution in [3.8, 4) is 0 Å². The number of hydrogen-bond donors (Lipinski definition) is 2. The Bertz CT molecular complexity index is 981. The Labute approximate surface area is 152 Å². The van der Waals surface area contributed by atoms with Crippen LogP contribution in [0.15, 0.2) is 48.7 Å². The smallest absolute Gasteiger partial charge is 0.337 e. The summed E-state index contributed by atoms with van der Waals surface area (Å²) in [5, 5.41) is 5.47. The van der Waals surface area contributed by atoms with Crippen LogP contribution in [0.25, 0.3) is 0 Å². The van der Waals surface area contributed by atoms with Crippen LogP contribution in [-0.2, 0) is 4.74 Å². The molecule has 0 radical (unpaired) electrons. The fourth-order valence-corrected chi connectivity index (χ4v) is 2.19. The zero-order valence-electron chi connectivity index (χ0n) is 14.0. The van der Waals surface area contributed by atoms with Crippen LogP contribution in [0.2, 0.25) is 0 Å². The molecular weight excluding hydrogens is 361 g/mol. The standard InChI is InChI=1S/C18H13F3N4O2/c1-27-17(26)10-2-4-11(5-3-10)23-18-22-9-8-14(25-18)24-13-7-6-12(19)15(20)16(13)21/h2-9H,1H3,(H2,22,23,24,25). The number of anilines is 4. The van der Waals surface area contributed by atoms with Gasteiger partial charge in [0.25, 0.3) is 0 Å². The van der Waals surface area contributed by atoms with Crippen LogP contribution in [0, 0.1) is 17.5 Å². The summed E-state index contributed by atoms with van der Waals surface area (Å²) >= 11 is 0. The van der Waals surface area contributed by atoms with Gasteiger partial charge in [0.15, 0.2) is 17.5 Å². The molecule has 0 bridgehead atoms. The molecule has 2 N–H and O–H groups in total. The van der Waals surface area contributed by atoms with Gasteiger partial charge in [-0.2, -0.15) is 4.98 Å². The molecule has 0 spiro atoms. The van der Waals surface area contributed by atoms with Gasteiger partial charge in [-0.15, -0.1) is 0 Å². The molecule has 0 fully saturated rings. The number of rotatable bonds is 5. The Hall–Kier alpha value is -3.62. The Morgan fingerprint density at radius 2 is 1.70 bits per heavy atom. The van der Waals surface area contributed by atoms with Gasteiger partial charge in [-0.05, 0) is 42.5 Å². The summed E-state index contributed by atoms with van der Waals surface area (Å²) in [5.74, 6) is -4.31. The van der Waals surface area contributed by atoms with Crippen molar-refractivity contribution in [2.75, 3.05) is 17.7 Å². The largest absolute Gasteiger partial charge is 0.465 e. The van der Waals surface area contributed by atoms with Crippen molar-refractivity contribution in [2.24, 2.45) is 0 Å². The molecule has 2 aromatic carbocycles. The molecule has 0 unspecified atom stereocenters. The summed E-state index contributed by atoms with van der Waals surface area (Å²) < 4.78 is 44.7. The molecular formula is C18H13F3N4O2. The number of ether oxygens (including phenoxy) is 1. The van der Waals surface area contributed by atoms with Gasteiger partial charge in [-0.3, -0.25) is 0 Å². The number of esters is 1. The maximum absolute atomic E-state index is 13.8. The van der Waals surface area contributed by atoms with E-state index in [1.54, 1.807) is 24.3 Å². The summed E-state index contributed by atoms with van der Waals surface area (Å²) in [6.45, 7) is 0. The summed E-state index contributed by atoms with van der Waals surface area (Å²) in [5.41, 5.74) is 0.716. The van der Waals surface area contributed by atoms with Crippen molar-refractivity contribution in [3.63, 3.8) is 0 Å². The lowest BCUT2D eigenvalue weighted by Crippen LogP contribution is -2.04. The third-order valence-corrected chi connectivity index (χ3v) is 3.52. The Balaban J connectivity index is 1.76. The van der Waals surface area contributed by atoms with Crippen molar-refractivity contribution in [1.82, 2.24) is 9.97 Å². The average molecular weight is 374 g/mol. The van der Waals surface area contributed by atoms with Gasteiger partial charge < -0.3 is 15.4 Å². The molecule has 1 aromatic heterocycles. The van der Waals surface area contributed by atoms with Gasteiger partial charge in [0, 0.05) is 11.9 Å². The number of nitrogens with zero attached hydrogens (tertiary/aromatic N) is 2. The number of nitrogens with one attached hydrogen (secondary N) is 2.